The number of hydrogen-bond donors (Lipinski definition) is 0. The molecule has 5 aliphatic rings. The Labute approximate surface area is 178 Å². The van der Waals surface area contributed by atoms with Crippen LogP contribution in [0.15, 0.2) is 82.4 Å². The largest absolute Gasteiger partial charge is 0.352 e. The first-order valence-electron chi connectivity index (χ1n) is 10.8. The van der Waals surface area contributed by atoms with Crippen LogP contribution in [0.3, 0.4) is 0 Å². The lowest BCUT2D eigenvalue weighted by Gasteiger charge is -2.42. The molecule has 3 aliphatic carbocycles. The van der Waals surface area contributed by atoms with Crippen LogP contribution in [0.1, 0.15) is 36.9 Å². The number of benzene rings is 2. The average Bonchev–Trinajstić information content (AvgIpc) is 3.21. The molecule has 0 N–H and O–H groups in total. The number of carbonyl (C=O) groups is 1. The van der Waals surface area contributed by atoms with Gasteiger partial charge in [-0.3, -0.25) is 4.79 Å². The Kier molecular flexibility index (Phi) is 2.93. The summed E-state index contributed by atoms with van der Waals surface area (Å²) >= 11 is 0. The van der Waals surface area contributed by atoms with Crippen molar-refractivity contribution in [2.24, 2.45) is 16.7 Å². The van der Waals surface area contributed by atoms with Gasteiger partial charge in [-0.15, -0.1) is 0 Å². The molecule has 3 heterocycles. The Morgan fingerprint density at radius 1 is 0.839 bits per heavy atom. The average molecular weight is 411 g/mol. The molecule has 0 amide bonds. The summed E-state index contributed by atoms with van der Waals surface area (Å²) in [5, 5.41) is 0. The van der Waals surface area contributed by atoms with Crippen molar-refractivity contribution in [1.82, 2.24) is 13.9 Å². The minimum absolute atomic E-state index is 0.0326. The zero-order chi connectivity index (χ0) is 21.1. The first-order chi connectivity index (χ1) is 15.0. The third-order valence-electron chi connectivity index (χ3n) is 8.59. The molecule has 3 aromatic rings. The van der Waals surface area contributed by atoms with Gasteiger partial charge < -0.3 is 0 Å². The second-order valence-corrected chi connectivity index (χ2v) is 9.45. The van der Waals surface area contributed by atoms with Gasteiger partial charge in [0, 0.05) is 29.1 Å². The summed E-state index contributed by atoms with van der Waals surface area (Å²) in [6.45, 7) is 2.06. The van der Waals surface area contributed by atoms with Crippen LogP contribution in [-0.2, 0) is 4.79 Å². The van der Waals surface area contributed by atoms with E-state index < -0.39 is 5.41 Å². The van der Waals surface area contributed by atoms with Gasteiger partial charge in [-0.1, -0.05) is 67.6 Å². The smallest absolute Gasteiger partial charge is 0.299 e. The molecule has 2 unspecified atom stereocenters. The number of aromatic nitrogens is 3. The van der Waals surface area contributed by atoms with E-state index in [4.69, 9.17) is 0 Å². The van der Waals surface area contributed by atoms with Crippen LogP contribution in [-0.4, -0.2) is 19.7 Å². The van der Waals surface area contributed by atoms with Gasteiger partial charge in [-0.05, 0) is 17.7 Å². The number of carbonyl (C=O) groups excluding carboxylic acids is 1. The predicted molar refractivity (Wildman–Crippen MR) is 114 cm³/mol. The van der Waals surface area contributed by atoms with Crippen LogP contribution in [0.25, 0.3) is 5.69 Å². The molecule has 1 aromatic heterocycles. The molecule has 2 aliphatic heterocycles. The number of allylic oxidation sites excluding steroid dienone is 2. The summed E-state index contributed by atoms with van der Waals surface area (Å²) < 4.78 is 4.51. The molecule has 2 aromatic carbocycles. The molecular formula is C25H21N3O3. The Hall–Kier alpha value is -3.41. The zero-order valence-corrected chi connectivity index (χ0v) is 17.0. The highest BCUT2D eigenvalue weighted by atomic mass is 16.2. The molecular weight excluding hydrogens is 390 g/mol. The molecule has 6 heteroatoms. The summed E-state index contributed by atoms with van der Waals surface area (Å²) in [5.74, 6) is 0.335. The monoisotopic (exact) mass is 411 g/mol. The van der Waals surface area contributed by atoms with E-state index in [1.165, 1.54) is 4.57 Å². The maximum Gasteiger partial charge on any atom is 0.352 e. The minimum Gasteiger partial charge on any atom is -0.299 e. The lowest BCUT2D eigenvalue weighted by Crippen LogP contribution is -2.46. The maximum atomic E-state index is 13.6. The summed E-state index contributed by atoms with van der Waals surface area (Å²) in [6, 6.07) is 18.6. The van der Waals surface area contributed by atoms with Gasteiger partial charge in [-0.2, -0.15) is 0 Å². The van der Waals surface area contributed by atoms with E-state index in [1.807, 2.05) is 42.5 Å². The second-order valence-electron chi connectivity index (χ2n) is 9.45. The van der Waals surface area contributed by atoms with Crippen molar-refractivity contribution in [3.05, 3.63) is 99.3 Å². The van der Waals surface area contributed by atoms with Gasteiger partial charge in [0.2, 0.25) is 0 Å². The number of rotatable bonds is 2. The third kappa shape index (κ3) is 1.65. The highest BCUT2D eigenvalue weighted by Crippen LogP contribution is 2.88. The number of nitrogens with zero attached hydrogens (tertiary/aromatic N) is 3. The van der Waals surface area contributed by atoms with E-state index >= 15 is 0 Å². The number of para-hydroxylation sites is 1. The van der Waals surface area contributed by atoms with Crippen molar-refractivity contribution >= 4 is 5.78 Å². The van der Waals surface area contributed by atoms with Gasteiger partial charge in [0.15, 0.2) is 0 Å². The SMILES string of the molecule is C[C@]12C(=O)CC(c3ccccc3)C13[C@@H]1C=C[C@H]([C@@H]32)n2c(=O)n(-c3ccccc3)c(=O)n21. The molecule has 6 nitrogen and oxygen atoms in total. The van der Waals surface area contributed by atoms with E-state index in [9.17, 15) is 14.4 Å². The first-order valence-corrected chi connectivity index (χ1v) is 10.8. The van der Waals surface area contributed by atoms with Crippen molar-refractivity contribution in [2.75, 3.05) is 0 Å². The van der Waals surface area contributed by atoms with Crippen molar-refractivity contribution in [3.8, 4) is 5.69 Å². The Bertz CT molecular complexity index is 1410. The van der Waals surface area contributed by atoms with E-state index in [0.717, 1.165) is 5.56 Å². The number of hydrogen-bond acceptors (Lipinski definition) is 3. The molecule has 31 heavy (non-hydrogen) atoms. The van der Waals surface area contributed by atoms with Gasteiger partial charge in [0.25, 0.3) is 0 Å². The first kappa shape index (κ1) is 17.3. The second kappa shape index (κ2) is 5.25. The molecule has 0 saturated heterocycles. The van der Waals surface area contributed by atoms with Crippen LogP contribution in [0.2, 0.25) is 0 Å². The van der Waals surface area contributed by atoms with Crippen molar-refractivity contribution in [2.45, 2.75) is 31.3 Å². The quantitative estimate of drug-likeness (QED) is 0.609. The van der Waals surface area contributed by atoms with Gasteiger partial charge in [0.05, 0.1) is 17.8 Å². The molecule has 0 radical (unpaired) electrons. The lowest BCUT2D eigenvalue weighted by atomic mass is 9.72. The highest BCUT2D eigenvalue weighted by molar-refractivity contribution is 5.95. The Morgan fingerprint density at radius 2 is 1.48 bits per heavy atom. The normalized spacial score (nSPS) is 36.2. The number of ketones is 1. The molecule has 1 spiro atoms. The van der Waals surface area contributed by atoms with Gasteiger partial charge in [-0.25, -0.2) is 23.5 Å². The molecule has 154 valence electrons. The summed E-state index contributed by atoms with van der Waals surface area (Å²) in [5.41, 5.74) is 0.181. The minimum atomic E-state index is -0.519. The van der Waals surface area contributed by atoms with E-state index in [-0.39, 0.29) is 46.5 Å². The van der Waals surface area contributed by atoms with Crippen LogP contribution < -0.4 is 11.4 Å². The fourth-order valence-corrected chi connectivity index (χ4v) is 7.46. The van der Waals surface area contributed by atoms with Gasteiger partial charge in [0.1, 0.15) is 5.78 Å². The molecule has 2 saturated carbocycles. The van der Waals surface area contributed by atoms with Crippen LogP contribution in [0.5, 0.6) is 0 Å². The van der Waals surface area contributed by atoms with Crippen molar-refractivity contribution in [3.63, 3.8) is 0 Å². The van der Waals surface area contributed by atoms with E-state index in [1.54, 1.807) is 21.5 Å². The molecule has 6 atom stereocenters. The fourth-order valence-electron chi connectivity index (χ4n) is 7.46. The topological polar surface area (TPSA) is 66.0 Å². The maximum absolute atomic E-state index is 13.6. The molecule has 8 rings (SSSR count). The Morgan fingerprint density at radius 3 is 2.19 bits per heavy atom. The van der Waals surface area contributed by atoms with E-state index in [2.05, 4.69) is 25.1 Å². The zero-order valence-electron chi connectivity index (χ0n) is 17.0. The van der Waals surface area contributed by atoms with Crippen LogP contribution >= 0.6 is 0 Å². The van der Waals surface area contributed by atoms with Crippen molar-refractivity contribution < 1.29 is 4.79 Å². The predicted octanol–water partition coefficient (Wildman–Crippen LogP) is 2.85. The third-order valence-corrected chi connectivity index (χ3v) is 8.59. The lowest BCUT2D eigenvalue weighted by molar-refractivity contribution is -0.123. The summed E-state index contributed by atoms with van der Waals surface area (Å²) in [4.78, 5) is 40.3. The highest BCUT2D eigenvalue weighted by Gasteiger charge is 2.89. The standard InChI is InChI=1S/C25H21N3O3/c1-24-20(29)14-17(15-8-4-2-5-9-15)25(24)19-13-12-18(21(24)25)27-22(30)26(23(31)28(19)27)16-10-6-3-7-11-16/h2-13,17-19,21H,14H2,1H3/t17?,18-,19+,21-,24-,25?/m1/s1. The number of Topliss-reactive ketones (excluding diaryl/α,β-unsaturated/α-hetero) is 1. The van der Waals surface area contributed by atoms with Gasteiger partial charge >= 0.3 is 11.4 Å². The Balaban J connectivity index is 1.49. The summed E-state index contributed by atoms with van der Waals surface area (Å²) in [7, 11) is 0. The van der Waals surface area contributed by atoms with Crippen LogP contribution in [0, 0.1) is 16.7 Å². The van der Waals surface area contributed by atoms with Crippen LogP contribution in [0.4, 0.5) is 0 Å². The fraction of sp³-hybridized carbons (Fsp3) is 0.320. The molecule has 2 fully saturated rings. The van der Waals surface area contributed by atoms with Crippen molar-refractivity contribution in [1.29, 1.82) is 0 Å². The van der Waals surface area contributed by atoms with E-state index in [0.29, 0.717) is 12.1 Å². The molecule has 2 bridgehead atoms. The summed E-state index contributed by atoms with van der Waals surface area (Å²) in [6.07, 6.45) is 4.60.